The van der Waals surface area contributed by atoms with Crippen molar-refractivity contribution in [1.29, 1.82) is 0 Å². The average Bonchev–Trinajstić information content (AvgIpc) is 2.44. The van der Waals surface area contributed by atoms with E-state index in [4.69, 9.17) is 0 Å². The molecule has 0 bridgehead atoms. The maximum absolute atomic E-state index is 3.69. The van der Waals surface area contributed by atoms with Crippen molar-refractivity contribution in [2.24, 2.45) is 0 Å². The van der Waals surface area contributed by atoms with E-state index in [0.717, 1.165) is 19.3 Å². The Labute approximate surface area is 161 Å². The summed E-state index contributed by atoms with van der Waals surface area (Å²) in [5, 5.41) is 0. The third-order valence-electron chi connectivity index (χ3n) is 3.64. The second-order valence-corrected chi connectivity index (χ2v) is 13.9. The summed E-state index contributed by atoms with van der Waals surface area (Å²) < 4.78 is 0. The van der Waals surface area contributed by atoms with Gasteiger partial charge in [-0.05, 0) is 66.2 Å². The lowest BCUT2D eigenvalue weighted by atomic mass is 10.1. The van der Waals surface area contributed by atoms with Crippen molar-refractivity contribution in [3.8, 4) is 11.5 Å². The summed E-state index contributed by atoms with van der Waals surface area (Å²) in [6.07, 6.45) is 14.0. The molecule has 0 aromatic heterocycles. The van der Waals surface area contributed by atoms with Crippen molar-refractivity contribution in [3.63, 3.8) is 0 Å². The van der Waals surface area contributed by atoms with Crippen LogP contribution in [-0.2, 0) is 0 Å². The van der Waals surface area contributed by atoms with Gasteiger partial charge in [-0.15, -0.1) is 5.54 Å². The largest absolute Gasteiger partial charge is 0.131 e. The third kappa shape index (κ3) is 16.3. The number of hydrogen-bond donors (Lipinski definition) is 0. The first kappa shape index (κ1) is 23.5. The van der Waals surface area contributed by atoms with Crippen LogP contribution in [0.25, 0.3) is 0 Å². The molecule has 0 radical (unpaired) electrons. The fourth-order valence-corrected chi connectivity index (χ4v) is 3.38. The van der Waals surface area contributed by atoms with Gasteiger partial charge in [0.2, 0.25) is 0 Å². The van der Waals surface area contributed by atoms with E-state index in [1.165, 1.54) is 36.0 Å². The van der Waals surface area contributed by atoms with E-state index in [9.17, 15) is 0 Å². The Morgan fingerprint density at radius 3 is 1.88 bits per heavy atom. The van der Waals surface area contributed by atoms with Crippen LogP contribution in [0.4, 0.5) is 0 Å². The van der Waals surface area contributed by atoms with Crippen molar-refractivity contribution in [1.82, 2.24) is 0 Å². The number of halogens is 1. The molecule has 0 saturated heterocycles. The zero-order chi connectivity index (χ0) is 18.6. The molecule has 0 aliphatic carbocycles. The molecule has 0 aliphatic rings. The first-order valence-electron chi connectivity index (χ1n) is 9.21. The number of rotatable bonds is 9. The summed E-state index contributed by atoms with van der Waals surface area (Å²) in [7, 11) is -1.24. The lowest BCUT2D eigenvalue weighted by Gasteiger charge is -2.06. The molecule has 0 heterocycles. The molecule has 0 saturated carbocycles. The van der Waals surface area contributed by atoms with E-state index in [1.807, 2.05) is 0 Å². The molecule has 136 valence electrons. The zero-order valence-electron chi connectivity index (χ0n) is 16.9. The molecule has 0 spiro atoms. The maximum atomic E-state index is 3.69. The second-order valence-electron chi connectivity index (χ2n) is 8.02. The summed E-state index contributed by atoms with van der Waals surface area (Å²) in [6, 6.07) is 0. The lowest BCUT2D eigenvalue weighted by molar-refractivity contribution is 0.875. The normalized spacial score (nSPS) is 14.0. The summed E-state index contributed by atoms with van der Waals surface area (Å²) >= 11 is 3.69. The summed E-state index contributed by atoms with van der Waals surface area (Å²) in [5.74, 6) is 3.37. The van der Waals surface area contributed by atoms with Crippen molar-refractivity contribution < 1.29 is 0 Å². The Morgan fingerprint density at radius 1 is 0.875 bits per heavy atom. The third-order valence-corrected chi connectivity index (χ3v) is 5.22. The standard InChI is InChI=1S/C22H37BrSi/c1-19(2)11-8-12-20(3)13-9-14-21(4)15-10-16-22(23)17-18-24(5,6)7/h11,13,15,22H,8-10,12,14,16H2,1-7H3/b20-13-,21-15-. The van der Waals surface area contributed by atoms with Crippen molar-refractivity contribution in [2.75, 3.05) is 0 Å². The van der Waals surface area contributed by atoms with Gasteiger partial charge in [0.1, 0.15) is 8.07 Å². The number of hydrogen-bond acceptors (Lipinski definition) is 0. The van der Waals surface area contributed by atoms with Crippen LogP contribution < -0.4 is 0 Å². The first-order valence-corrected chi connectivity index (χ1v) is 13.6. The zero-order valence-corrected chi connectivity index (χ0v) is 19.5. The van der Waals surface area contributed by atoms with Crippen LogP contribution in [0, 0.1) is 11.5 Å². The Morgan fingerprint density at radius 2 is 1.38 bits per heavy atom. The van der Waals surface area contributed by atoms with Gasteiger partial charge in [-0.25, -0.2) is 0 Å². The predicted molar refractivity (Wildman–Crippen MR) is 118 cm³/mol. The van der Waals surface area contributed by atoms with Crippen LogP contribution in [0.15, 0.2) is 34.9 Å². The highest BCUT2D eigenvalue weighted by Gasteiger charge is 2.08. The highest BCUT2D eigenvalue weighted by atomic mass is 79.9. The van der Waals surface area contributed by atoms with Crippen molar-refractivity contribution >= 4 is 24.0 Å². The Kier molecular flexibility index (Phi) is 12.5. The fraction of sp³-hybridized carbons (Fsp3) is 0.636. The average molecular weight is 410 g/mol. The van der Waals surface area contributed by atoms with Gasteiger partial charge < -0.3 is 0 Å². The molecule has 0 N–H and O–H groups in total. The van der Waals surface area contributed by atoms with E-state index in [-0.39, 0.29) is 0 Å². The maximum Gasteiger partial charge on any atom is 0.129 e. The molecule has 0 aliphatic heterocycles. The summed E-state index contributed by atoms with van der Waals surface area (Å²) in [6.45, 7) is 15.7. The smallest absolute Gasteiger partial charge is 0.129 e. The van der Waals surface area contributed by atoms with Crippen LogP contribution in [0.2, 0.25) is 19.6 Å². The Bertz CT molecular complexity index is 502. The van der Waals surface area contributed by atoms with E-state index >= 15 is 0 Å². The van der Waals surface area contributed by atoms with Gasteiger partial charge in [-0.2, -0.15) is 0 Å². The first-order chi connectivity index (χ1) is 11.1. The lowest BCUT2D eigenvalue weighted by Crippen LogP contribution is -2.17. The van der Waals surface area contributed by atoms with Crippen LogP contribution >= 0.6 is 15.9 Å². The minimum atomic E-state index is -1.24. The summed E-state index contributed by atoms with van der Waals surface area (Å²) in [4.78, 5) is 0.338. The molecule has 1 atom stereocenters. The monoisotopic (exact) mass is 408 g/mol. The topological polar surface area (TPSA) is 0 Å². The van der Waals surface area contributed by atoms with Gasteiger partial charge in [-0.3, -0.25) is 0 Å². The number of allylic oxidation sites excluding steroid dienone is 6. The Hall–Kier alpha value is -0.523. The number of alkyl halides is 1. The van der Waals surface area contributed by atoms with Crippen LogP contribution in [0.5, 0.6) is 0 Å². The minimum Gasteiger partial charge on any atom is -0.131 e. The van der Waals surface area contributed by atoms with Gasteiger partial charge in [0.25, 0.3) is 0 Å². The molecule has 0 aromatic rings. The molecule has 24 heavy (non-hydrogen) atoms. The van der Waals surface area contributed by atoms with Crippen molar-refractivity contribution in [2.45, 2.75) is 90.7 Å². The Balaban J connectivity index is 4.06. The van der Waals surface area contributed by atoms with E-state index in [1.54, 1.807) is 0 Å². The van der Waals surface area contributed by atoms with Gasteiger partial charge in [0.15, 0.2) is 0 Å². The molecule has 0 rings (SSSR count). The van der Waals surface area contributed by atoms with E-state index in [0.29, 0.717) is 4.83 Å². The molecule has 0 amide bonds. The van der Waals surface area contributed by atoms with Gasteiger partial charge in [-0.1, -0.05) is 76.4 Å². The van der Waals surface area contributed by atoms with E-state index in [2.05, 4.69) is 93.0 Å². The van der Waals surface area contributed by atoms with Crippen LogP contribution in [0.3, 0.4) is 0 Å². The predicted octanol–water partition coefficient (Wildman–Crippen LogP) is 7.83. The molecular formula is C22H37BrSi. The molecule has 2 heteroatoms. The van der Waals surface area contributed by atoms with E-state index < -0.39 is 8.07 Å². The van der Waals surface area contributed by atoms with Gasteiger partial charge >= 0.3 is 0 Å². The quantitative estimate of drug-likeness (QED) is 0.157. The highest BCUT2D eigenvalue weighted by Crippen LogP contribution is 2.14. The second kappa shape index (κ2) is 12.8. The molecule has 0 aromatic carbocycles. The minimum absolute atomic E-state index is 0.338. The molecule has 0 fully saturated rings. The fourth-order valence-electron chi connectivity index (χ4n) is 2.18. The summed E-state index contributed by atoms with van der Waals surface area (Å²) in [5.41, 5.74) is 7.87. The van der Waals surface area contributed by atoms with Gasteiger partial charge in [0.05, 0.1) is 4.83 Å². The molecule has 0 nitrogen and oxygen atoms in total. The van der Waals surface area contributed by atoms with Crippen LogP contribution in [0.1, 0.15) is 66.2 Å². The highest BCUT2D eigenvalue weighted by molar-refractivity contribution is 9.09. The van der Waals surface area contributed by atoms with Crippen molar-refractivity contribution in [3.05, 3.63) is 34.9 Å². The molecule has 1 unspecified atom stereocenters. The van der Waals surface area contributed by atoms with Crippen LogP contribution in [-0.4, -0.2) is 12.9 Å². The SMILES string of the molecule is CC(C)=CCC/C(C)=C\CC/C(C)=C\CCC(Br)C#C[Si](C)(C)C. The molecular weight excluding hydrogens is 372 g/mol. The van der Waals surface area contributed by atoms with Gasteiger partial charge in [0, 0.05) is 0 Å².